The molecule has 1 amide bonds. The number of rotatable bonds is 4. The monoisotopic (exact) mass is 378 g/mol. The quantitative estimate of drug-likeness (QED) is 0.611. The Morgan fingerprint density at radius 2 is 1.93 bits per heavy atom. The number of carbonyl (C=O) groups is 1. The number of carbonyl (C=O) groups excluding carboxylic acids is 1. The lowest BCUT2D eigenvalue weighted by Gasteiger charge is -2.36. The number of benzene rings is 2. The molecule has 0 radical (unpaired) electrons. The maximum absolute atomic E-state index is 12.8. The Morgan fingerprint density at radius 3 is 2.63 bits per heavy atom. The smallest absolute Gasteiger partial charge is 0.268 e. The van der Waals surface area contributed by atoms with Gasteiger partial charge in [0.15, 0.2) is 6.10 Å². The van der Waals surface area contributed by atoms with Crippen molar-refractivity contribution in [2.75, 3.05) is 4.90 Å². The molecule has 3 aromatic rings. The minimum Gasteiger partial charge on any atom is -0.478 e. The van der Waals surface area contributed by atoms with Gasteiger partial charge in [0, 0.05) is 22.5 Å². The number of anilines is 1. The molecule has 4 nitrogen and oxygen atoms in total. The molecule has 0 bridgehead atoms. The van der Waals surface area contributed by atoms with Crippen molar-refractivity contribution in [1.29, 1.82) is 0 Å². The lowest BCUT2D eigenvalue weighted by Crippen LogP contribution is -2.48. The highest BCUT2D eigenvalue weighted by Crippen LogP contribution is 2.39. The third-order valence-electron chi connectivity index (χ3n) is 4.71. The van der Waals surface area contributed by atoms with Crippen molar-refractivity contribution in [3.8, 4) is 27.6 Å². The minimum absolute atomic E-state index is 0.0282. The van der Waals surface area contributed by atoms with E-state index in [0.717, 1.165) is 33.3 Å². The number of aromatic nitrogens is 1. The molecule has 1 aliphatic heterocycles. The first kappa shape index (κ1) is 17.7. The first-order chi connectivity index (χ1) is 13.1. The van der Waals surface area contributed by atoms with Crippen LogP contribution in [0.3, 0.4) is 0 Å². The molecule has 0 aliphatic carbocycles. The van der Waals surface area contributed by atoms with Crippen molar-refractivity contribution >= 4 is 22.9 Å². The van der Waals surface area contributed by atoms with E-state index < -0.39 is 6.10 Å². The zero-order valence-corrected chi connectivity index (χ0v) is 16.5. The summed E-state index contributed by atoms with van der Waals surface area (Å²) >= 11 is 1.62. The molecule has 0 saturated carbocycles. The van der Waals surface area contributed by atoms with E-state index >= 15 is 0 Å². The Morgan fingerprint density at radius 1 is 1.15 bits per heavy atom. The molecule has 27 heavy (non-hydrogen) atoms. The van der Waals surface area contributed by atoms with E-state index in [4.69, 9.17) is 9.72 Å². The molecule has 0 spiro atoms. The van der Waals surface area contributed by atoms with E-state index in [2.05, 4.69) is 17.5 Å². The second-order valence-electron chi connectivity index (χ2n) is 6.90. The predicted molar refractivity (Wildman–Crippen MR) is 110 cm³/mol. The fraction of sp³-hybridized carbons (Fsp3) is 0.273. The highest BCUT2D eigenvalue weighted by molar-refractivity contribution is 7.13. The summed E-state index contributed by atoms with van der Waals surface area (Å²) in [5, 5.41) is 3.05. The van der Waals surface area contributed by atoms with Crippen LogP contribution in [-0.4, -0.2) is 23.0 Å². The summed E-state index contributed by atoms with van der Waals surface area (Å²) in [5.41, 5.74) is 3.84. The number of thiazole rings is 1. The van der Waals surface area contributed by atoms with Crippen LogP contribution in [-0.2, 0) is 4.79 Å². The van der Waals surface area contributed by atoms with E-state index in [1.807, 2.05) is 62.1 Å². The van der Waals surface area contributed by atoms with Crippen molar-refractivity contribution in [2.45, 2.75) is 39.3 Å². The van der Waals surface area contributed by atoms with Gasteiger partial charge in [0.2, 0.25) is 0 Å². The average Bonchev–Trinajstić information content (AvgIpc) is 3.17. The summed E-state index contributed by atoms with van der Waals surface area (Å²) in [7, 11) is 0. The van der Waals surface area contributed by atoms with Crippen molar-refractivity contribution in [2.24, 2.45) is 0 Å². The Bertz CT molecular complexity index is 965. The van der Waals surface area contributed by atoms with Gasteiger partial charge in [-0.2, -0.15) is 0 Å². The van der Waals surface area contributed by atoms with Gasteiger partial charge in [0.25, 0.3) is 5.91 Å². The topological polar surface area (TPSA) is 42.4 Å². The Kier molecular flexibility index (Phi) is 4.70. The SMILES string of the molecule is CCC1Oc2ccc(-c3csc(-c4ccccc4)n3)cc2N(C(C)C)C1=O. The number of hydrogen-bond acceptors (Lipinski definition) is 4. The van der Waals surface area contributed by atoms with Crippen LogP contribution < -0.4 is 9.64 Å². The van der Waals surface area contributed by atoms with E-state index in [-0.39, 0.29) is 11.9 Å². The molecule has 2 heterocycles. The highest BCUT2D eigenvalue weighted by atomic mass is 32.1. The molecule has 1 unspecified atom stereocenters. The number of hydrogen-bond donors (Lipinski definition) is 0. The Hall–Kier alpha value is -2.66. The number of ether oxygens (including phenoxy) is 1. The molecular formula is C22H22N2O2S. The first-order valence-electron chi connectivity index (χ1n) is 9.23. The second-order valence-corrected chi connectivity index (χ2v) is 7.76. The third-order valence-corrected chi connectivity index (χ3v) is 5.60. The summed E-state index contributed by atoms with van der Waals surface area (Å²) in [5.74, 6) is 0.790. The van der Waals surface area contributed by atoms with Gasteiger partial charge in [-0.1, -0.05) is 37.3 Å². The number of amides is 1. The maximum atomic E-state index is 12.8. The van der Waals surface area contributed by atoms with Gasteiger partial charge in [-0.25, -0.2) is 4.98 Å². The zero-order chi connectivity index (χ0) is 19.0. The first-order valence-corrected chi connectivity index (χ1v) is 10.1. The van der Waals surface area contributed by atoms with Gasteiger partial charge >= 0.3 is 0 Å². The van der Waals surface area contributed by atoms with Crippen LogP contribution in [0.15, 0.2) is 53.9 Å². The fourth-order valence-corrected chi connectivity index (χ4v) is 4.19. The van der Waals surface area contributed by atoms with Crippen molar-refractivity contribution in [3.63, 3.8) is 0 Å². The van der Waals surface area contributed by atoms with E-state index in [0.29, 0.717) is 6.42 Å². The van der Waals surface area contributed by atoms with Crippen LogP contribution >= 0.6 is 11.3 Å². The Labute approximate surface area is 163 Å². The molecule has 4 rings (SSSR count). The largest absolute Gasteiger partial charge is 0.478 e. The van der Waals surface area contributed by atoms with E-state index in [9.17, 15) is 4.79 Å². The zero-order valence-electron chi connectivity index (χ0n) is 15.7. The molecule has 0 fully saturated rings. The summed E-state index contributed by atoms with van der Waals surface area (Å²) in [6.07, 6.45) is 0.255. The van der Waals surface area contributed by atoms with Crippen molar-refractivity contribution in [1.82, 2.24) is 4.98 Å². The number of fused-ring (bicyclic) bond motifs is 1. The molecule has 2 aromatic carbocycles. The molecule has 0 saturated heterocycles. The van der Waals surface area contributed by atoms with Crippen LogP contribution in [0.5, 0.6) is 5.75 Å². The van der Waals surface area contributed by atoms with Crippen molar-refractivity contribution < 1.29 is 9.53 Å². The summed E-state index contributed by atoms with van der Waals surface area (Å²) in [6, 6.07) is 16.2. The number of nitrogens with zero attached hydrogens (tertiary/aromatic N) is 2. The molecule has 5 heteroatoms. The van der Waals surface area contributed by atoms with Gasteiger partial charge in [0.05, 0.1) is 11.4 Å². The predicted octanol–water partition coefficient (Wildman–Crippen LogP) is 5.39. The molecule has 1 aliphatic rings. The molecule has 1 atom stereocenters. The van der Waals surface area contributed by atoms with Crippen LogP contribution in [0.1, 0.15) is 27.2 Å². The van der Waals surface area contributed by atoms with Gasteiger partial charge in [-0.3, -0.25) is 4.79 Å². The third kappa shape index (κ3) is 3.23. The lowest BCUT2D eigenvalue weighted by atomic mass is 10.1. The van der Waals surface area contributed by atoms with Crippen molar-refractivity contribution in [3.05, 3.63) is 53.9 Å². The summed E-state index contributed by atoms with van der Waals surface area (Å²) < 4.78 is 5.93. The maximum Gasteiger partial charge on any atom is 0.268 e. The Balaban J connectivity index is 1.73. The second kappa shape index (κ2) is 7.16. The van der Waals surface area contributed by atoms with Gasteiger partial charge in [0.1, 0.15) is 10.8 Å². The van der Waals surface area contributed by atoms with Crippen LogP contribution in [0.2, 0.25) is 0 Å². The highest BCUT2D eigenvalue weighted by Gasteiger charge is 2.35. The van der Waals surface area contributed by atoms with Gasteiger partial charge < -0.3 is 9.64 Å². The molecule has 0 N–H and O–H groups in total. The normalized spacial score (nSPS) is 16.4. The van der Waals surface area contributed by atoms with Crippen LogP contribution in [0.25, 0.3) is 21.8 Å². The summed E-state index contributed by atoms with van der Waals surface area (Å²) in [6.45, 7) is 6.03. The molecule has 138 valence electrons. The van der Waals surface area contributed by atoms with Gasteiger partial charge in [-0.05, 0) is 38.5 Å². The van der Waals surface area contributed by atoms with E-state index in [1.54, 1.807) is 11.3 Å². The van der Waals surface area contributed by atoms with E-state index in [1.165, 1.54) is 0 Å². The summed E-state index contributed by atoms with van der Waals surface area (Å²) in [4.78, 5) is 19.4. The molecular weight excluding hydrogens is 356 g/mol. The fourth-order valence-electron chi connectivity index (χ4n) is 3.35. The van der Waals surface area contributed by atoms with Gasteiger partial charge in [-0.15, -0.1) is 11.3 Å². The lowest BCUT2D eigenvalue weighted by molar-refractivity contribution is -0.126. The van der Waals surface area contributed by atoms with Crippen LogP contribution in [0, 0.1) is 0 Å². The molecule has 1 aromatic heterocycles. The van der Waals surface area contributed by atoms with Crippen LogP contribution in [0.4, 0.5) is 5.69 Å². The standard InChI is InChI=1S/C22H22N2O2S/c1-4-19-22(25)24(14(2)3)18-12-16(10-11-20(18)26-19)17-13-27-21(23-17)15-8-6-5-7-9-15/h5-14,19H,4H2,1-3H3. The minimum atomic E-state index is -0.408. The average molecular weight is 378 g/mol.